The zero-order valence-electron chi connectivity index (χ0n) is 10.7. The fraction of sp³-hybridized carbons (Fsp3) is 0.846. The van der Waals surface area contributed by atoms with Crippen molar-refractivity contribution in [3.05, 3.63) is 0 Å². The molecular formula is C13H22N2O3. The molecule has 1 saturated heterocycles. The van der Waals surface area contributed by atoms with Crippen LogP contribution in [0.3, 0.4) is 0 Å². The van der Waals surface area contributed by atoms with Crippen LogP contribution in [0.1, 0.15) is 51.4 Å². The number of carboxylic acid groups (broad SMARTS) is 1. The first-order chi connectivity index (χ1) is 8.66. The average molecular weight is 254 g/mol. The molecule has 1 aliphatic carbocycles. The summed E-state index contributed by atoms with van der Waals surface area (Å²) < 4.78 is 0. The molecule has 0 spiro atoms. The van der Waals surface area contributed by atoms with Crippen LogP contribution >= 0.6 is 0 Å². The van der Waals surface area contributed by atoms with E-state index >= 15 is 0 Å². The third-order valence-corrected chi connectivity index (χ3v) is 3.98. The summed E-state index contributed by atoms with van der Waals surface area (Å²) in [6, 6.07) is 0.107. The highest BCUT2D eigenvalue weighted by Crippen LogP contribution is 2.22. The third-order valence-electron chi connectivity index (χ3n) is 3.98. The van der Waals surface area contributed by atoms with E-state index in [-0.39, 0.29) is 18.5 Å². The molecule has 2 amide bonds. The largest absolute Gasteiger partial charge is 0.481 e. The van der Waals surface area contributed by atoms with Crippen LogP contribution in [0, 0.1) is 0 Å². The summed E-state index contributed by atoms with van der Waals surface area (Å²) in [5.41, 5.74) is 0. The number of urea groups is 1. The number of nitrogens with one attached hydrogen (secondary N) is 1. The molecule has 1 aliphatic heterocycles. The molecule has 1 unspecified atom stereocenters. The van der Waals surface area contributed by atoms with Gasteiger partial charge in [-0.1, -0.05) is 12.8 Å². The normalized spacial score (nSPS) is 25.1. The number of rotatable bonds is 3. The van der Waals surface area contributed by atoms with Gasteiger partial charge in [0.1, 0.15) is 0 Å². The standard InChI is InChI=1S/C13H22N2O3/c16-12(17)9-11-7-3-4-8-15(11)13(18)14-10-5-1-2-6-10/h10-11H,1-9H2,(H,14,18)(H,16,17). The molecule has 0 radical (unpaired) electrons. The van der Waals surface area contributed by atoms with Gasteiger partial charge in [-0.25, -0.2) is 4.79 Å². The van der Waals surface area contributed by atoms with Gasteiger partial charge in [0, 0.05) is 18.6 Å². The summed E-state index contributed by atoms with van der Waals surface area (Å²) in [6.45, 7) is 0.691. The van der Waals surface area contributed by atoms with E-state index in [0.717, 1.165) is 32.1 Å². The smallest absolute Gasteiger partial charge is 0.317 e. The van der Waals surface area contributed by atoms with Crippen molar-refractivity contribution in [3.63, 3.8) is 0 Å². The van der Waals surface area contributed by atoms with Crippen LogP contribution in [0.2, 0.25) is 0 Å². The Labute approximate surface area is 108 Å². The van der Waals surface area contributed by atoms with Crippen molar-refractivity contribution in [2.24, 2.45) is 0 Å². The molecule has 2 aliphatic rings. The lowest BCUT2D eigenvalue weighted by atomic mass is 10.00. The molecule has 2 fully saturated rings. The molecular weight excluding hydrogens is 232 g/mol. The van der Waals surface area contributed by atoms with Crippen LogP contribution in [-0.2, 0) is 4.79 Å². The number of aliphatic carboxylic acids is 1. The van der Waals surface area contributed by atoms with E-state index in [1.54, 1.807) is 4.90 Å². The molecule has 2 rings (SSSR count). The Morgan fingerprint density at radius 2 is 1.78 bits per heavy atom. The highest BCUT2D eigenvalue weighted by Gasteiger charge is 2.29. The van der Waals surface area contributed by atoms with E-state index in [1.165, 1.54) is 12.8 Å². The second-order valence-corrected chi connectivity index (χ2v) is 5.37. The predicted octanol–water partition coefficient (Wildman–Crippen LogP) is 1.97. The van der Waals surface area contributed by atoms with Gasteiger partial charge >= 0.3 is 12.0 Å². The number of hydrogen-bond donors (Lipinski definition) is 2. The number of piperidine rings is 1. The lowest BCUT2D eigenvalue weighted by Crippen LogP contribution is -2.51. The zero-order valence-corrected chi connectivity index (χ0v) is 10.7. The van der Waals surface area contributed by atoms with Gasteiger partial charge < -0.3 is 15.3 Å². The van der Waals surface area contributed by atoms with E-state index in [2.05, 4.69) is 5.32 Å². The third kappa shape index (κ3) is 3.37. The Balaban J connectivity index is 1.90. The van der Waals surface area contributed by atoms with Crippen molar-refractivity contribution in [2.75, 3.05) is 6.54 Å². The topological polar surface area (TPSA) is 69.6 Å². The number of nitrogens with zero attached hydrogens (tertiary/aromatic N) is 1. The first-order valence-electron chi connectivity index (χ1n) is 6.96. The first kappa shape index (κ1) is 13.2. The van der Waals surface area contributed by atoms with Crippen LogP contribution in [0.25, 0.3) is 0 Å². The molecule has 0 aromatic rings. The Morgan fingerprint density at radius 3 is 2.44 bits per heavy atom. The predicted molar refractivity (Wildman–Crippen MR) is 67.4 cm³/mol. The fourth-order valence-corrected chi connectivity index (χ4v) is 3.01. The van der Waals surface area contributed by atoms with Crippen molar-refractivity contribution in [2.45, 2.75) is 63.5 Å². The Hall–Kier alpha value is -1.26. The molecule has 1 heterocycles. The SMILES string of the molecule is O=C(O)CC1CCCCN1C(=O)NC1CCCC1. The molecule has 102 valence electrons. The van der Waals surface area contributed by atoms with E-state index < -0.39 is 5.97 Å². The maximum atomic E-state index is 12.2. The molecule has 1 atom stereocenters. The van der Waals surface area contributed by atoms with E-state index in [1.807, 2.05) is 0 Å². The zero-order chi connectivity index (χ0) is 13.0. The van der Waals surface area contributed by atoms with Gasteiger partial charge in [-0.3, -0.25) is 4.79 Å². The number of carbonyl (C=O) groups excluding carboxylic acids is 1. The second kappa shape index (κ2) is 6.07. The lowest BCUT2D eigenvalue weighted by Gasteiger charge is -2.35. The van der Waals surface area contributed by atoms with E-state index in [0.29, 0.717) is 12.6 Å². The maximum absolute atomic E-state index is 12.2. The molecule has 5 nitrogen and oxygen atoms in total. The number of amides is 2. The minimum absolute atomic E-state index is 0.0622. The molecule has 2 N–H and O–H groups in total. The van der Waals surface area contributed by atoms with E-state index in [9.17, 15) is 9.59 Å². The van der Waals surface area contributed by atoms with Crippen LogP contribution in [0.15, 0.2) is 0 Å². The second-order valence-electron chi connectivity index (χ2n) is 5.37. The highest BCUT2D eigenvalue weighted by molar-refractivity contribution is 5.76. The van der Waals surface area contributed by atoms with Gasteiger partial charge in [0.2, 0.25) is 0 Å². The van der Waals surface area contributed by atoms with Crippen molar-refractivity contribution >= 4 is 12.0 Å². The van der Waals surface area contributed by atoms with Crippen molar-refractivity contribution in [1.29, 1.82) is 0 Å². The summed E-state index contributed by atoms with van der Waals surface area (Å²) in [7, 11) is 0. The number of hydrogen-bond acceptors (Lipinski definition) is 2. The minimum atomic E-state index is -0.819. The van der Waals surface area contributed by atoms with Crippen molar-refractivity contribution in [1.82, 2.24) is 10.2 Å². The summed E-state index contributed by atoms with van der Waals surface area (Å²) in [5.74, 6) is -0.819. The van der Waals surface area contributed by atoms with Gasteiger partial charge in [0.15, 0.2) is 0 Å². The monoisotopic (exact) mass is 254 g/mol. The number of carboxylic acids is 1. The first-order valence-corrected chi connectivity index (χ1v) is 6.96. The lowest BCUT2D eigenvalue weighted by molar-refractivity contribution is -0.138. The van der Waals surface area contributed by atoms with Crippen LogP contribution < -0.4 is 5.32 Å². The minimum Gasteiger partial charge on any atom is -0.481 e. The fourth-order valence-electron chi connectivity index (χ4n) is 3.01. The van der Waals surface area contributed by atoms with Crippen LogP contribution in [0.4, 0.5) is 4.79 Å². The summed E-state index contributed by atoms with van der Waals surface area (Å²) in [6.07, 6.45) is 7.36. The van der Waals surface area contributed by atoms with Gasteiger partial charge in [0.25, 0.3) is 0 Å². The van der Waals surface area contributed by atoms with Crippen LogP contribution in [0.5, 0.6) is 0 Å². The molecule has 0 aromatic heterocycles. The van der Waals surface area contributed by atoms with Gasteiger partial charge in [-0.2, -0.15) is 0 Å². The summed E-state index contributed by atoms with van der Waals surface area (Å²) >= 11 is 0. The van der Waals surface area contributed by atoms with Gasteiger partial charge in [-0.15, -0.1) is 0 Å². The van der Waals surface area contributed by atoms with Crippen molar-refractivity contribution in [3.8, 4) is 0 Å². The molecule has 0 aromatic carbocycles. The van der Waals surface area contributed by atoms with E-state index in [4.69, 9.17) is 5.11 Å². The molecule has 0 bridgehead atoms. The van der Waals surface area contributed by atoms with Crippen LogP contribution in [-0.4, -0.2) is 40.6 Å². The van der Waals surface area contributed by atoms with Crippen molar-refractivity contribution < 1.29 is 14.7 Å². The maximum Gasteiger partial charge on any atom is 0.317 e. The van der Waals surface area contributed by atoms with Gasteiger partial charge in [0.05, 0.1) is 6.42 Å². The summed E-state index contributed by atoms with van der Waals surface area (Å²) in [5, 5.41) is 11.9. The Kier molecular flexibility index (Phi) is 4.44. The molecule has 18 heavy (non-hydrogen) atoms. The Morgan fingerprint density at radius 1 is 1.11 bits per heavy atom. The number of likely N-dealkylation sites (tertiary alicyclic amines) is 1. The average Bonchev–Trinajstić information content (AvgIpc) is 2.81. The Bertz CT molecular complexity index is 313. The summed E-state index contributed by atoms with van der Waals surface area (Å²) in [4.78, 5) is 24.7. The quantitative estimate of drug-likeness (QED) is 0.809. The molecule has 1 saturated carbocycles. The highest BCUT2D eigenvalue weighted by atomic mass is 16.4. The number of carbonyl (C=O) groups is 2. The van der Waals surface area contributed by atoms with Gasteiger partial charge in [-0.05, 0) is 32.1 Å². The molecule has 5 heteroatoms.